The molecule has 4 nitrogen and oxygen atoms in total. The summed E-state index contributed by atoms with van der Waals surface area (Å²) in [6.07, 6.45) is 7.93. The third-order valence-electron chi connectivity index (χ3n) is 6.08. The van der Waals surface area contributed by atoms with Crippen LogP contribution in [0.2, 0.25) is 0 Å². The van der Waals surface area contributed by atoms with Gasteiger partial charge in [0.15, 0.2) is 5.78 Å². The molecule has 0 spiro atoms. The van der Waals surface area contributed by atoms with Crippen LogP contribution in [0.3, 0.4) is 0 Å². The Kier molecular flexibility index (Phi) is 7.42. The maximum atomic E-state index is 13.7. The van der Waals surface area contributed by atoms with Crippen molar-refractivity contribution >= 4 is 28.7 Å². The quantitative estimate of drug-likeness (QED) is 0.503. The van der Waals surface area contributed by atoms with E-state index in [4.69, 9.17) is 0 Å². The lowest BCUT2D eigenvalue weighted by Gasteiger charge is -2.38. The van der Waals surface area contributed by atoms with Crippen LogP contribution in [0.4, 0.5) is 5.69 Å². The number of carbonyl (C=O) groups excluding carboxylic acids is 2. The SMILES string of the molecule is CC(=O)c1sc(C#CC(C)(C)C)cc1N(C(=O)C1CCCCC1)[C@H]1CC[C@@H](O)CC1. The molecule has 30 heavy (non-hydrogen) atoms. The number of hydrogen-bond donors (Lipinski definition) is 1. The largest absolute Gasteiger partial charge is 0.393 e. The Morgan fingerprint density at radius 1 is 1.07 bits per heavy atom. The fourth-order valence-corrected chi connectivity index (χ4v) is 5.38. The van der Waals surface area contributed by atoms with Crippen LogP contribution in [-0.2, 0) is 4.79 Å². The zero-order chi connectivity index (χ0) is 21.9. The molecule has 1 aromatic rings. The van der Waals surface area contributed by atoms with Crippen LogP contribution >= 0.6 is 11.3 Å². The van der Waals surface area contributed by atoms with E-state index in [0.717, 1.165) is 49.1 Å². The number of carbonyl (C=O) groups is 2. The van der Waals surface area contributed by atoms with Crippen LogP contribution in [0.5, 0.6) is 0 Å². The second-order valence-electron chi connectivity index (χ2n) is 9.89. The summed E-state index contributed by atoms with van der Waals surface area (Å²) >= 11 is 1.40. The van der Waals surface area contributed by atoms with E-state index in [-0.39, 0.29) is 35.2 Å². The molecule has 2 aliphatic rings. The smallest absolute Gasteiger partial charge is 0.230 e. The van der Waals surface area contributed by atoms with E-state index in [1.807, 2.05) is 11.0 Å². The van der Waals surface area contributed by atoms with Gasteiger partial charge in [0.25, 0.3) is 0 Å². The van der Waals surface area contributed by atoms with Crippen LogP contribution in [0.1, 0.15) is 100 Å². The van der Waals surface area contributed by atoms with E-state index < -0.39 is 0 Å². The van der Waals surface area contributed by atoms with Crippen molar-refractivity contribution in [1.29, 1.82) is 0 Å². The number of Topliss-reactive ketones (excluding diaryl/α,β-unsaturated/α-hetero) is 1. The third-order valence-corrected chi connectivity index (χ3v) is 7.22. The second kappa shape index (κ2) is 9.66. The van der Waals surface area contributed by atoms with Crippen LogP contribution in [0, 0.1) is 23.2 Å². The van der Waals surface area contributed by atoms with E-state index in [1.165, 1.54) is 17.8 Å². The summed E-state index contributed by atoms with van der Waals surface area (Å²) in [6.45, 7) is 7.76. The first-order valence-electron chi connectivity index (χ1n) is 11.3. The molecule has 2 fully saturated rings. The summed E-state index contributed by atoms with van der Waals surface area (Å²) in [7, 11) is 0. The Hall–Kier alpha value is -1.64. The van der Waals surface area contributed by atoms with Crippen molar-refractivity contribution < 1.29 is 14.7 Å². The normalized spacial score (nSPS) is 22.8. The Morgan fingerprint density at radius 2 is 1.70 bits per heavy atom. The highest BCUT2D eigenvalue weighted by molar-refractivity contribution is 7.15. The third kappa shape index (κ3) is 5.74. The Balaban J connectivity index is 2.00. The average Bonchev–Trinajstić information content (AvgIpc) is 3.12. The minimum absolute atomic E-state index is 0.0175. The van der Waals surface area contributed by atoms with E-state index >= 15 is 0 Å². The second-order valence-corrected chi connectivity index (χ2v) is 10.9. The predicted molar refractivity (Wildman–Crippen MR) is 123 cm³/mol. The highest BCUT2D eigenvalue weighted by Gasteiger charge is 2.36. The van der Waals surface area contributed by atoms with E-state index in [0.29, 0.717) is 17.7 Å². The van der Waals surface area contributed by atoms with Gasteiger partial charge in [0.2, 0.25) is 5.91 Å². The summed E-state index contributed by atoms with van der Waals surface area (Å²) in [5, 5.41) is 9.99. The minimum atomic E-state index is -0.282. The van der Waals surface area contributed by atoms with Gasteiger partial charge >= 0.3 is 0 Å². The van der Waals surface area contributed by atoms with Gasteiger partial charge in [-0.25, -0.2) is 0 Å². The molecule has 1 heterocycles. The molecule has 2 saturated carbocycles. The lowest BCUT2D eigenvalue weighted by atomic mass is 9.86. The first kappa shape index (κ1) is 23.0. The van der Waals surface area contributed by atoms with Gasteiger partial charge in [-0.1, -0.05) is 31.1 Å². The van der Waals surface area contributed by atoms with Gasteiger partial charge < -0.3 is 10.0 Å². The van der Waals surface area contributed by atoms with Crippen LogP contribution in [-0.4, -0.2) is 28.9 Å². The summed E-state index contributed by atoms with van der Waals surface area (Å²) in [4.78, 5) is 29.6. The molecular weight excluding hydrogens is 394 g/mol. The van der Waals surface area contributed by atoms with Crippen LogP contribution < -0.4 is 4.90 Å². The molecule has 3 rings (SSSR count). The summed E-state index contributed by atoms with van der Waals surface area (Å²) in [5.74, 6) is 6.65. The molecule has 5 heteroatoms. The molecule has 0 atom stereocenters. The molecule has 0 aromatic carbocycles. The molecule has 1 aromatic heterocycles. The predicted octanol–water partition coefficient (Wildman–Crippen LogP) is 5.57. The average molecular weight is 430 g/mol. The molecule has 0 radical (unpaired) electrons. The van der Waals surface area contributed by atoms with Gasteiger partial charge in [-0.2, -0.15) is 0 Å². The van der Waals surface area contributed by atoms with Crippen molar-refractivity contribution in [2.75, 3.05) is 4.90 Å². The highest BCUT2D eigenvalue weighted by atomic mass is 32.1. The maximum Gasteiger partial charge on any atom is 0.230 e. The van der Waals surface area contributed by atoms with E-state index in [1.54, 1.807) is 6.92 Å². The van der Waals surface area contributed by atoms with Crippen LogP contribution in [0.15, 0.2) is 6.07 Å². The first-order chi connectivity index (χ1) is 14.2. The topological polar surface area (TPSA) is 57.6 Å². The zero-order valence-corrected chi connectivity index (χ0v) is 19.6. The van der Waals surface area contributed by atoms with Crippen molar-refractivity contribution in [2.24, 2.45) is 11.3 Å². The number of rotatable bonds is 4. The number of anilines is 1. The highest BCUT2D eigenvalue weighted by Crippen LogP contribution is 2.38. The minimum Gasteiger partial charge on any atom is -0.393 e. The van der Waals surface area contributed by atoms with Crippen molar-refractivity contribution in [2.45, 2.75) is 97.6 Å². The number of aliphatic hydroxyl groups is 1. The fraction of sp³-hybridized carbons (Fsp3) is 0.680. The summed E-state index contributed by atoms with van der Waals surface area (Å²) in [5.41, 5.74) is 0.611. The molecule has 2 aliphatic carbocycles. The molecule has 0 aliphatic heterocycles. The fourth-order valence-electron chi connectivity index (χ4n) is 4.48. The molecule has 164 valence electrons. The van der Waals surface area contributed by atoms with Crippen molar-refractivity contribution in [3.8, 4) is 11.8 Å². The summed E-state index contributed by atoms with van der Waals surface area (Å²) < 4.78 is 0. The molecule has 1 N–H and O–H groups in total. The number of hydrogen-bond acceptors (Lipinski definition) is 4. The number of aliphatic hydroxyl groups excluding tert-OH is 1. The molecule has 0 bridgehead atoms. The van der Waals surface area contributed by atoms with Crippen LogP contribution in [0.25, 0.3) is 0 Å². The number of amides is 1. The van der Waals surface area contributed by atoms with Crippen molar-refractivity contribution in [1.82, 2.24) is 0 Å². The molecule has 0 unspecified atom stereocenters. The Morgan fingerprint density at radius 3 is 2.27 bits per heavy atom. The lowest BCUT2D eigenvalue weighted by molar-refractivity contribution is -0.124. The van der Waals surface area contributed by atoms with Gasteiger partial charge in [0.05, 0.1) is 21.5 Å². The first-order valence-corrected chi connectivity index (χ1v) is 12.2. The van der Waals surface area contributed by atoms with Crippen molar-refractivity contribution in [3.05, 3.63) is 15.8 Å². The van der Waals surface area contributed by atoms with Gasteiger partial charge in [0, 0.05) is 24.3 Å². The van der Waals surface area contributed by atoms with Crippen molar-refractivity contribution in [3.63, 3.8) is 0 Å². The standard InChI is InChI=1S/C25H35NO3S/c1-17(27)23-22(16-21(30-23)14-15-25(2,3)4)26(19-10-12-20(28)13-11-19)24(29)18-8-6-5-7-9-18/h16,18-20,28H,5-13H2,1-4H3/t19-,20+. The maximum absolute atomic E-state index is 13.7. The zero-order valence-electron chi connectivity index (χ0n) is 18.8. The van der Waals surface area contributed by atoms with Gasteiger partial charge in [-0.3, -0.25) is 9.59 Å². The molecule has 0 saturated heterocycles. The van der Waals surface area contributed by atoms with Gasteiger partial charge in [-0.15, -0.1) is 11.3 Å². The molecular formula is C25H35NO3S. The van der Waals surface area contributed by atoms with Gasteiger partial charge in [0.1, 0.15) is 0 Å². The Bertz CT molecular complexity index is 825. The van der Waals surface area contributed by atoms with E-state index in [9.17, 15) is 14.7 Å². The van der Waals surface area contributed by atoms with E-state index in [2.05, 4.69) is 32.6 Å². The van der Waals surface area contributed by atoms with Gasteiger partial charge in [-0.05, 0) is 65.4 Å². The number of nitrogens with zero attached hydrogens (tertiary/aromatic N) is 1. The molecule has 1 amide bonds. The number of thiophene rings is 1. The Labute approximate surface area is 185 Å². The monoisotopic (exact) mass is 429 g/mol. The number of ketones is 1. The summed E-state index contributed by atoms with van der Waals surface area (Å²) in [6, 6.07) is 1.99. The lowest BCUT2D eigenvalue weighted by Crippen LogP contribution is -2.46.